The summed E-state index contributed by atoms with van der Waals surface area (Å²) >= 11 is 0. The first-order valence-corrected chi connectivity index (χ1v) is 7.09. The summed E-state index contributed by atoms with van der Waals surface area (Å²) in [5.41, 5.74) is 3.01. The number of hydrogen-bond acceptors (Lipinski definition) is 3. The molecule has 2 aromatic rings. The van der Waals surface area contributed by atoms with Crippen LogP contribution in [0.1, 0.15) is 24.1 Å². The molecule has 5 heteroatoms. The molecule has 0 aliphatic rings. The zero-order valence-electron chi connectivity index (χ0n) is 12.3. The van der Waals surface area contributed by atoms with Gasteiger partial charge in [-0.2, -0.15) is 8.78 Å². The summed E-state index contributed by atoms with van der Waals surface area (Å²) in [6.07, 6.45) is 0.640. The van der Waals surface area contributed by atoms with E-state index >= 15 is 0 Å². The van der Waals surface area contributed by atoms with Gasteiger partial charge in [0.05, 0.1) is 0 Å². The fourth-order valence-corrected chi connectivity index (χ4v) is 2.17. The molecule has 0 radical (unpaired) electrons. The lowest BCUT2D eigenvalue weighted by Gasteiger charge is -2.16. The van der Waals surface area contributed by atoms with E-state index in [1.165, 1.54) is 12.1 Å². The first-order valence-electron chi connectivity index (χ1n) is 7.09. The van der Waals surface area contributed by atoms with Crippen LogP contribution in [0.2, 0.25) is 0 Å². The Bertz CT molecular complexity index is 570. The molecule has 2 rings (SSSR count). The number of aliphatic hydroxyl groups is 1. The van der Waals surface area contributed by atoms with Crippen molar-refractivity contribution in [2.75, 3.05) is 11.9 Å². The van der Waals surface area contributed by atoms with Crippen LogP contribution in [0.15, 0.2) is 48.5 Å². The van der Waals surface area contributed by atoms with Crippen LogP contribution in [0.4, 0.5) is 14.5 Å². The van der Waals surface area contributed by atoms with Crippen LogP contribution in [0.3, 0.4) is 0 Å². The molecule has 0 aliphatic heterocycles. The maximum absolute atomic E-state index is 12.1. The zero-order valence-corrected chi connectivity index (χ0v) is 12.3. The highest BCUT2D eigenvalue weighted by Crippen LogP contribution is 2.22. The minimum absolute atomic E-state index is 0.0318. The molecule has 22 heavy (non-hydrogen) atoms. The van der Waals surface area contributed by atoms with E-state index in [9.17, 15) is 8.78 Å². The largest absolute Gasteiger partial charge is 0.435 e. The highest BCUT2D eigenvalue weighted by molar-refractivity contribution is 5.47. The van der Waals surface area contributed by atoms with Crippen molar-refractivity contribution >= 4 is 5.69 Å². The monoisotopic (exact) mass is 307 g/mol. The molecule has 0 heterocycles. The molecule has 0 bridgehead atoms. The van der Waals surface area contributed by atoms with Gasteiger partial charge in [-0.3, -0.25) is 0 Å². The van der Waals surface area contributed by atoms with E-state index in [2.05, 4.69) is 10.1 Å². The first-order chi connectivity index (χ1) is 10.6. The molecule has 0 aromatic heterocycles. The molecule has 118 valence electrons. The van der Waals surface area contributed by atoms with Crippen molar-refractivity contribution in [2.45, 2.75) is 26.0 Å². The number of rotatable bonds is 7. The Hall–Kier alpha value is -2.14. The molecule has 0 saturated heterocycles. The number of alkyl halides is 2. The Labute approximate surface area is 128 Å². The maximum Gasteiger partial charge on any atom is 0.387 e. The van der Waals surface area contributed by atoms with Gasteiger partial charge in [0.15, 0.2) is 0 Å². The molecule has 2 aromatic carbocycles. The Morgan fingerprint density at radius 1 is 1.05 bits per heavy atom. The predicted octanol–water partition coefficient (Wildman–Crippen LogP) is 4.00. The second-order valence-electron chi connectivity index (χ2n) is 4.98. The molecule has 3 nitrogen and oxygen atoms in total. The number of hydrogen-bond donors (Lipinski definition) is 2. The SMILES string of the molecule is CC(Nc1ccc(CCO)cc1)c1ccc(OC(F)F)cc1. The van der Waals surface area contributed by atoms with Gasteiger partial charge in [-0.1, -0.05) is 24.3 Å². The molecule has 0 saturated carbocycles. The smallest absolute Gasteiger partial charge is 0.387 e. The van der Waals surface area contributed by atoms with E-state index in [4.69, 9.17) is 5.11 Å². The van der Waals surface area contributed by atoms with E-state index < -0.39 is 6.61 Å². The molecule has 0 fully saturated rings. The van der Waals surface area contributed by atoms with Crippen LogP contribution >= 0.6 is 0 Å². The van der Waals surface area contributed by atoms with Gasteiger partial charge in [-0.25, -0.2) is 0 Å². The van der Waals surface area contributed by atoms with Gasteiger partial charge in [0, 0.05) is 18.3 Å². The predicted molar refractivity (Wildman–Crippen MR) is 82.3 cm³/mol. The molecule has 0 amide bonds. The average Bonchev–Trinajstić information content (AvgIpc) is 2.49. The highest BCUT2D eigenvalue weighted by atomic mass is 19.3. The lowest BCUT2D eigenvalue weighted by atomic mass is 10.1. The average molecular weight is 307 g/mol. The minimum Gasteiger partial charge on any atom is -0.435 e. The van der Waals surface area contributed by atoms with Crippen molar-refractivity contribution in [3.8, 4) is 5.75 Å². The lowest BCUT2D eigenvalue weighted by molar-refractivity contribution is -0.0498. The van der Waals surface area contributed by atoms with Crippen LogP contribution in [0, 0.1) is 0 Å². The van der Waals surface area contributed by atoms with Crippen molar-refractivity contribution in [3.63, 3.8) is 0 Å². The van der Waals surface area contributed by atoms with E-state index in [0.29, 0.717) is 6.42 Å². The second-order valence-corrected chi connectivity index (χ2v) is 4.98. The fourth-order valence-electron chi connectivity index (χ4n) is 2.17. The standard InChI is InChI=1S/C17H19F2NO2/c1-12(14-4-8-16(9-5-14)22-17(18)19)20-15-6-2-13(3-7-15)10-11-21/h2-9,12,17,20-21H,10-11H2,1H3. The van der Waals surface area contributed by atoms with Crippen LogP contribution in [0.5, 0.6) is 5.75 Å². The number of benzene rings is 2. The number of ether oxygens (including phenoxy) is 1. The Morgan fingerprint density at radius 3 is 2.23 bits per heavy atom. The van der Waals surface area contributed by atoms with Crippen LogP contribution in [-0.4, -0.2) is 18.3 Å². The van der Waals surface area contributed by atoms with E-state index in [1.54, 1.807) is 12.1 Å². The van der Waals surface area contributed by atoms with Gasteiger partial charge in [0.2, 0.25) is 0 Å². The normalized spacial score (nSPS) is 12.2. The number of halogens is 2. The molecular formula is C17H19F2NO2. The fraction of sp³-hybridized carbons (Fsp3) is 0.294. The zero-order chi connectivity index (χ0) is 15.9. The van der Waals surface area contributed by atoms with Gasteiger partial charge < -0.3 is 15.2 Å². The van der Waals surface area contributed by atoms with Crippen LogP contribution < -0.4 is 10.1 Å². The third-order valence-electron chi connectivity index (χ3n) is 3.34. The first kappa shape index (κ1) is 16.2. The van der Waals surface area contributed by atoms with Gasteiger partial charge in [0.1, 0.15) is 5.75 Å². The number of anilines is 1. The van der Waals surface area contributed by atoms with Crippen molar-refractivity contribution < 1.29 is 18.6 Å². The van der Waals surface area contributed by atoms with E-state index in [1.807, 2.05) is 31.2 Å². The summed E-state index contributed by atoms with van der Waals surface area (Å²) in [6.45, 7) is -0.681. The van der Waals surface area contributed by atoms with Crippen molar-refractivity contribution in [3.05, 3.63) is 59.7 Å². The van der Waals surface area contributed by atoms with E-state index in [0.717, 1.165) is 16.8 Å². The Balaban J connectivity index is 1.97. The van der Waals surface area contributed by atoms with Gasteiger partial charge in [0.25, 0.3) is 0 Å². The molecule has 0 spiro atoms. The van der Waals surface area contributed by atoms with Crippen molar-refractivity contribution in [1.82, 2.24) is 0 Å². The summed E-state index contributed by atoms with van der Waals surface area (Å²) < 4.78 is 28.5. The van der Waals surface area contributed by atoms with Gasteiger partial charge in [-0.15, -0.1) is 0 Å². The summed E-state index contributed by atoms with van der Waals surface area (Å²) in [5.74, 6) is 0.152. The lowest BCUT2D eigenvalue weighted by Crippen LogP contribution is -2.07. The quantitative estimate of drug-likeness (QED) is 0.812. The number of nitrogens with one attached hydrogen (secondary N) is 1. The minimum atomic E-state index is -2.81. The molecule has 1 unspecified atom stereocenters. The second kappa shape index (κ2) is 7.75. The van der Waals surface area contributed by atoms with Crippen LogP contribution in [0.25, 0.3) is 0 Å². The van der Waals surface area contributed by atoms with Crippen LogP contribution in [-0.2, 0) is 6.42 Å². The Kier molecular flexibility index (Phi) is 5.72. The maximum atomic E-state index is 12.1. The Morgan fingerprint density at radius 2 is 1.68 bits per heavy atom. The summed E-state index contributed by atoms with van der Waals surface area (Å²) in [5, 5.41) is 12.2. The molecule has 1 atom stereocenters. The van der Waals surface area contributed by atoms with Gasteiger partial charge >= 0.3 is 6.61 Å². The van der Waals surface area contributed by atoms with Crippen molar-refractivity contribution in [2.24, 2.45) is 0 Å². The summed E-state index contributed by atoms with van der Waals surface area (Å²) in [7, 11) is 0. The highest BCUT2D eigenvalue weighted by Gasteiger charge is 2.08. The van der Waals surface area contributed by atoms with Gasteiger partial charge in [-0.05, 0) is 48.7 Å². The van der Waals surface area contributed by atoms with E-state index in [-0.39, 0.29) is 18.4 Å². The molecular weight excluding hydrogens is 288 g/mol. The summed E-state index contributed by atoms with van der Waals surface area (Å²) in [4.78, 5) is 0. The molecule has 2 N–H and O–H groups in total. The third-order valence-corrected chi connectivity index (χ3v) is 3.34. The number of aliphatic hydroxyl groups excluding tert-OH is 1. The molecule has 0 aliphatic carbocycles. The topological polar surface area (TPSA) is 41.5 Å². The summed E-state index contributed by atoms with van der Waals surface area (Å²) in [6, 6.07) is 14.4. The third kappa shape index (κ3) is 4.70. The van der Waals surface area contributed by atoms with Crippen molar-refractivity contribution in [1.29, 1.82) is 0 Å².